The minimum absolute atomic E-state index is 0.262. The predicted octanol–water partition coefficient (Wildman–Crippen LogP) is 2.21. The van der Waals surface area contributed by atoms with Gasteiger partial charge in [-0.2, -0.15) is 0 Å². The van der Waals surface area contributed by atoms with Gasteiger partial charge in [0.15, 0.2) is 0 Å². The highest BCUT2D eigenvalue weighted by molar-refractivity contribution is 5.32. The third kappa shape index (κ3) is 1.92. The smallest absolute Gasteiger partial charge is 0.0515 e. The van der Waals surface area contributed by atoms with Crippen LogP contribution < -0.4 is 5.73 Å². The lowest BCUT2D eigenvalue weighted by Crippen LogP contribution is -2.42. The zero-order chi connectivity index (χ0) is 10.9. The van der Waals surface area contributed by atoms with Crippen molar-refractivity contribution in [2.24, 2.45) is 11.7 Å². The molecule has 0 aromatic heterocycles. The Morgan fingerprint density at radius 2 is 2.13 bits per heavy atom. The largest absolute Gasteiger partial charge is 0.381 e. The topological polar surface area (TPSA) is 35.2 Å². The Bertz CT molecular complexity index is 340. The summed E-state index contributed by atoms with van der Waals surface area (Å²) >= 11 is 0. The molecule has 15 heavy (non-hydrogen) atoms. The molecular formula is C13H19NO. The SMILES string of the molecule is Cc1ccccc1C(C)(N)C1CCOC1. The first-order valence-electron chi connectivity index (χ1n) is 5.55. The molecule has 1 fully saturated rings. The van der Waals surface area contributed by atoms with Crippen LogP contribution in [0.5, 0.6) is 0 Å². The van der Waals surface area contributed by atoms with E-state index < -0.39 is 0 Å². The average Bonchev–Trinajstić information content (AvgIpc) is 2.71. The zero-order valence-corrected chi connectivity index (χ0v) is 9.49. The van der Waals surface area contributed by atoms with E-state index in [1.54, 1.807) is 0 Å². The number of ether oxygens (including phenoxy) is 1. The molecule has 1 aromatic carbocycles. The number of benzene rings is 1. The molecule has 2 nitrogen and oxygen atoms in total. The molecule has 82 valence electrons. The molecule has 0 aliphatic carbocycles. The van der Waals surface area contributed by atoms with Crippen LogP contribution in [0.1, 0.15) is 24.5 Å². The Hall–Kier alpha value is -0.860. The van der Waals surface area contributed by atoms with Crippen LogP contribution in [0.25, 0.3) is 0 Å². The molecule has 0 radical (unpaired) electrons. The predicted molar refractivity (Wildman–Crippen MR) is 61.6 cm³/mol. The van der Waals surface area contributed by atoms with Crippen LogP contribution in [0, 0.1) is 12.8 Å². The van der Waals surface area contributed by atoms with Crippen LogP contribution in [-0.2, 0) is 10.3 Å². The van der Waals surface area contributed by atoms with E-state index in [2.05, 4.69) is 38.1 Å². The van der Waals surface area contributed by atoms with Crippen molar-refractivity contribution in [3.8, 4) is 0 Å². The lowest BCUT2D eigenvalue weighted by Gasteiger charge is -2.32. The van der Waals surface area contributed by atoms with Gasteiger partial charge in [0.2, 0.25) is 0 Å². The van der Waals surface area contributed by atoms with Gasteiger partial charge in [-0.15, -0.1) is 0 Å². The normalized spacial score (nSPS) is 25.1. The van der Waals surface area contributed by atoms with Gasteiger partial charge in [-0.1, -0.05) is 24.3 Å². The van der Waals surface area contributed by atoms with Crippen molar-refractivity contribution in [1.29, 1.82) is 0 Å². The van der Waals surface area contributed by atoms with Gasteiger partial charge in [0.25, 0.3) is 0 Å². The van der Waals surface area contributed by atoms with Crippen LogP contribution >= 0.6 is 0 Å². The second kappa shape index (κ2) is 3.95. The third-order valence-electron chi connectivity index (χ3n) is 3.50. The van der Waals surface area contributed by atoms with Crippen LogP contribution in [0.15, 0.2) is 24.3 Å². The molecule has 2 heteroatoms. The first kappa shape index (κ1) is 10.7. The summed E-state index contributed by atoms with van der Waals surface area (Å²) in [6, 6.07) is 8.37. The summed E-state index contributed by atoms with van der Waals surface area (Å²) in [6.07, 6.45) is 1.07. The van der Waals surface area contributed by atoms with Gasteiger partial charge < -0.3 is 10.5 Å². The molecule has 0 saturated carbocycles. The summed E-state index contributed by atoms with van der Waals surface area (Å²) in [5.41, 5.74) is 8.73. The maximum absolute atomic E-state index is 6.46. The fourth-order valence-corrected chi connectivity index (χ4v) is 2.40. The van der Waals surface area contributed by atoms with E-state index in [-0.39, 0.29) is 5.54 Å². The molecule has 2 N–H and O–H groups in total. The van der Waals surface area contributed by atoms with E-state index in [1.807, 2.05) is 0 Å². The first-order valence-corrected chi connectivity index (χ1v) is 5.55. The molecular weight excluding hydrogens is 186 g/mol. The van der Waals surface area contributed by atoms with Gasteiger partial charge >= 0.3 is 0 Å². The van der Waals surface area contributed by atoms with Crippen molar-refractivity contribution in [2.75, 3.05) is 13.2 Å². The summed E-state index contributed by atoms with van der Waals surface area (Å²) in [5.74, 6) is 0.443. The Balaban J connectivity index is 2.31. The van der Waals surface area contributed by atoms with Crippen molar-refractivity contribution >= 4 is 0 Å². The van der Waals surface area contributed by atoms with E-state index in [4.69, 9.17) is 10.5 Å². The van der Waals surface area contributed by atoms with E-state index in [0.29, 0.717) is 5.92 Å². The molecule has 0 spiro atoms. The summed E-state index contributed by atoms with van der Waals surface area (Å²) in [4.78, 5) is 0. The Morgan fingerprint density at radius 1 is 1.40 bits per heavy atom. The maximum atomic E-state index is 6.46. The molecule has 1 aliphatic heterocycles. The monoisotopic (exact) mass is 205 g/mol. The highest BCUT2D eigenvalue weighted by atomic mass is 16.5. The molecule has 0 amide bonds. The molecule has 0 bridgehead atoms. The number of hydrogen-bond acceptors (Lipinski definition) is 2. The van der Waals surface area contributed by atoms with Crippen LogP contribution in [0.3, 0.4) is 0 Å². The Kier molecular flexibility index (Phi) is 2.81. The third-order valence-corrected chi connectivity index (χ3v) is 3.50. The van der Waals surface area contributed by atoms with Crippen molar-refractivity contribution in [3.63, 3.8) is 0 Å². The minimum atomic E-state index is -0.262. The van der Waals surface area contributed by atoms with Gasteiger partial charge in [-0.05, 0) is 31.4 Å². The van der Waals surface area contributed by atoms with Crippen LogP contribution in [-0.4, -0.2) is 13.2 Å². The molecule has 2 rings (SSSR count). The highest BCUT2D eigenvalue weighted by Gasteiger charge is 2.35. The van der Waals surface area contributed by atoms with Crippen LogP contribution in [0.2, 0.25) is 0 Å². The lowest BCUT2D eigenvalue weighted by molar-refractivity contribution is 0.166. The lowest BCUT2D eigenvalue weighted by atomic mass is 9.78. The quantitative estimate of drug-likeness (QED) is 0.803. The van der Waals surface area contributed by atoms with Gasteiger partial charge in [0.1, 0.15) is 0 Å². The molecule has 1 aromatic rings. The van der Waals surface area contributed by atoms with Gasteiger partial charge in [-0.3, -0.25) is 0 Å². The average molecular weight is 205 g/mol. The van der Waals surface area contributed by atoms with Gasteiger partial charge in [-0.25, -0.2) is 0 Å². The number of hydrogen-bond donors (Lipinski definition) is 1. The maximum Gasteiger partial charge on any atom is 0.0515 e. The number of nitrogens with two attached hydrogens (primary N) is 1. The first-order chi connectivity index (χ1) is 7.12. The van der Waals surface area contributed by atoms with E-state index in [1.165, 1.54) is 11.1 Å². The highest BCUT2D eigenvalue weighted by Crippen LogP contribution is 2.33. The minimum Gasteiger partial charge on any atom is -0.381 e. The number of aryl methyl sites for hydroxylation is 1. The van der Waals surface area contributed by atoms with Crippen molar-refractivity contribution < 1.29 is 4.74 Å². The fraction of sp³-hybridized carbons (Fsp3) is 0.538. The van der Waals surface area contributed by atoms with Crippen molar-refractivity contribution in [3.05, 3.63) is 35.4 Å². The molecule has 1 heterocycles. The van der Waals surface area contributed by atoms with Gasteiger partial charge in [0, 0.05) is 18.1 Å². The van der Waals surface area contributed by atoms with Gasteiger partial charge in [0.05, 0.1) is 6.61 Å². The molecule has 2 atom stereocenters. The van der Waals surface area contributed by atoms with Crippen LogP contribution in [0.4, 0.5) is 0 Å². The molecule has 2 unspecified atom stereocenters. The second-order valence-electron chi connectivity index (χ2n) is 4.66. The van der Waals surface area contributed by atoms with E-state index in [9.17, 15) is 0 Å². The summed E-state index contributed by atoms with van der Waals surface area (Å²) in [7, 11) is 0. The Morgan fingerprint density at radius 3 is 2.73 bits per heavy atom. The number of rotatable bonds is 2. The standard InChI is InChI=1S/C13H19NO/c1-10-5-3-4-6-12(10)13(2,14)11-7-8-15-9-11/h3-6,11H,7-9,14H2,1-2H3. The summed E-state index contributed by atoms with van der Waals surface area (Å²) in [5, 5.41) is 0. The molecule has 1 saturated heterocycles. The van der Waals surface area contributed by atoms with E-state index >= 15 is 0 Å². The second-order valence-corrected chi connectivity index (χ2v) is 4.66. The zero-order valence-electron chi connectivity index (χ0n) is 9.49. The van der Waals surface area contributed by atoms with Crippen molar-refractivity contribution in [2.45, 2.75) is 25.8 Å². The summed E-state index contributed by atoms with van der Waals surface area (Å²) < 4.78 is 5.42. The Labute approximate surface area is 91.4 Å². The van der Waals surface area contributed by atoms with Crippen molar-refractivity contribution in [1.82, 2.24) is 0 Å². The van der Waals surface area contributed by atoms with E-state index in [0.717, 1.165) is 19.6 Å². The summed E-state index contributed by atoms with van der Waals surface area (Å²) in [6.45, 7) is 5.88. The molecule has 1 aliphatic rings. The fourth-order valence-electron chi connectivity index (χ4n) is 2.40.